The zero-order chi connectivity index (χ0) is 13.1. The number of methoxy groups -OCH3 is 1. The molecule has 1 heterocycles. The number of nitrogens with one attached hydrogen (secondary N) is 1. The van der Waals surface area contributed by atoms with Gasteiger partial charge in [0.2, 0.25) is 0 Å². The molecule has 2 rings (SSSR count). The molecule has 1 atom stereocenters. The Bertz CT molecular complexity index is 534. The van der Waals surface area contributed by atoms with Gasteiger partial charge in [0, 0.05) is 30.6 Å². The summed E-state index contributed by atoms with van der Waals surface area (Å²) in [6.07, 6.45) is 3.90. The molecule has 1 aromatic heterocycles. The quantitative estimate of drug-likeness (QED) is 0.900. The molecule has 96 valence electrons. The van der Waals surface area contributed by atoms with Gasteiger partial charge in [-0.15, -0.1) is 0 Å². The van der Waals surface area contributed by atoms with Gasteiger partial charge in [0.15, 0.2) is 0 Å². The third kappa shape index (κ3) is 2.64. The molecule has 1 N–H and O–H groups in total. The molecular weight excluding hydrogens is 226 g/mol. The molecule has 0 aliphatic carbocycles. The molecule has 0 bridgehead atoms. The fourth-order valence-electron chi connectivity index (χ4n) is 1.86. The molecule has 0 aliphatic heterocycles. The topological polar surface area (TPSA) is 39.1 Å². The summed E-state index contributed by atoms with van der Waals surface area (Å²) in [5, 5.41) is 7.67. The Balaban J connectivity index is 2.18. The maximum absolute atomic E-state index is 5.24. The summed E-state index contributed by atoms with van der Waals surface area (Å²) in [5.41, 5.74) is 3.46. The third-order valence-electron chi connectivity index (χ3n) is 3.04. The van der Waals surface area contributed by atoms with Crippen LogP contribution < -0.4 is 10.1 Å². The number of aromatic nitrogens is 2. The molecule has 0 radical (unpaired) electrons. The van der Waals surface area contributed by atoms with Crippen LogP contribution in [0.5, 0.6) is 5.75 Å². The van der Waals surface area contributed by atoms with Crippen LogP contribution in [0, 0.1) is 6.92 Å². The van der Waals surface area contributed by atoms with E-state index in [2.05, 4.69) is 30.3 Å². The molecule has 0 amide bonds. The lowest BCUT2D eigenvalue weighted by Crippen LogP contribution is -2.07. The van der Waals surface area contributed by atoms with Gasteiger partial charge < -0.3 is 10.1 Å². The maximum atomic E-state index is 5.24. The Hall–Kier alpha value is -1.97. The summed E-state index contributed by atoms with van der Waals surface area (Å²) in [5.74, 6) is 0.862. The Morgan fingerprint density at radius 3 is 2.78 bits per heavy atom. The number of nitrogens with zero attached hydrogens (tertiary/aromatic N) is 2. The molecule has 4 nitrogen and oxygen atoms in total. The van der Waals surface area contributed by atoms with Crippen LogP contribution in [0.2, 0.25) is 0 Å². The predicted molar refractivity (Wildman–Crippen MR) is 73.0 cm³/mol. The van der Waals surface area contributed by atoms with Crippen LogP contribution in [-0.2, 0) is 7.05 Å². The van der Waals surface area contributed by atoms with E-state index < -0.39 is 0 Å². The highest BCUT2D eigenvalue weighted by atomic mass is 16.5. The van der Waals surface area contributed by atoms with Crippen molar-refractivity contribution in [1.29, 1.82) is 0 Å². The molecule has 1 aromatic carbocycles. The fourth-order valence-corrected chi connectivity index (χ4v) is 1.86. The molecule has 0 saturated carbocycles. The van der Waals surface area contributed by atoms with Gasteiger partial charge in [-0.3, -0.25) is 4.68 Å². The summed E-state index contributed by atoms with van der Waals surface area (Å²) in [7, 11) is 3.60. The van der Waals surface area contributed by atoms with Crippen LogP contribution in [0.15, 0.2) is 30.6 Å². The second kappa shape index (κ2) is 5.12. The minimum absolute atomic E-state index is 0.213. The minimum atomic E-state index is 0.213. The molecule has 2 aromatic rings. The van der Waals surface area contributed by atoms with Crippen LogP contribution in [0.3, 0.4) is 0 Å². The van der Waals surface area contributed by atoms with Crippen LogP contribution >= 0.6 is 0 Å². The predicted octanol–water partition coefficient (Wildman–Crippen LogP) is 2.91. The van der Waals surface area contributed by atoms with Crippen molar-refractivity contribution in [3.05, 3.63) is 41.7 Å². The number of hydrogen-bond donors (Lipinski definition) is 1. The van der Waals surface area contributed by atoms with Gasteiger partial charge in [0.05, 0.1) is 19.3 Å². The summed E-state index contributed by atoms with van der Waals surface area (Å²) >= 11 is 0. The number of benzene rings is 1. The monoisotopic (exact) mass is 245 g/mol. The summed E-state index contributed by atoms with van der Waals surface area (Å²) in [6.45, 7) is 4.20. The second-order valence-electron chi connectivity index (χ2n) is 4.49. The number of anilines is 1. The standard InChI is InChI=1S/C14H19N3O/c1-10-5-6-13(18-4)7-14(10)16-11(2)12-8-15-17(3)9-12/h5-9,11,16H,1-4H3. The zero-order valence-corrected chi connectivity index (χ0v) is 11.3. The third-order valence-corrected chi connectivity index (χ3v) is 3.04. The highest BCUT2D eigenvalue weighted by Gasteiger charge is 2.09. The minimum Gasteiger partial charge on any atom is -0.497 e. The van der Waals surface area contributed by atoms with Gasteiger partial charge in [0.1, 0.15) is 5.75 Å². The molecule has 4 heteroatoms. The van der Waals surface area contributed by atoms with Crippen LogP contribution in [0.4, 0.5) is 5.69 Å². The molecule has 0 saturated heterocycles. The van der Waals surface area contributed by atoms with Gasteiger partial charge in [-0.2, -0.15) is 5.10 Å². The first-order valence-electron chi connectivity index (χ1n) is 6.00. The lowest BCUT2D eigenvalue weighted by molar-refractivity contribution is 0.415. The lowest BCUT2D eigenvalue weighted by atomic mass is 10.1. The van der Waals surface area contributed by atoms with Crippen LogP contribution in [-0.4, -0.2) is 16.9 Å². The molecule has 1 unspecified atom stereocenters. The van der Waals surface area contributed by atoms with E-state index in [1.165, 1.54) is 11.1 Å². The van der Waals surface area contributed by atoms with E-state index in [9.17, 15) is 0 Å². The van der Waals surface area contributed by atoms with E-state index in [4.69, 9.17) is 4.74 Å². The number of hydrogen-bond acceptors (Lipinski definition) is 3. The molecule has 18 heavy (non-hydrogen) atoms. The average Bonchev–Trinajstić information content (AvgIpc) is 2.79. The van der Waals surface area contributed by atoms with Crippen molar-refractivity contribution < 1.29 is 4.74 Å². The fraction of sp³-hybridized carbons (Fsp3) is 0.357. The van der Waals surface area contributed by atoms with Gasteiger partial charge in [-0.1, -0.05) is 6.07 Å². The summed E-state index contributed by atoms with van der Waals surface area (Å²) in [6, 6.07) is 6.25. The van der Waals surface area contributed by atoms with Gasteiger partial charge in [-0.05, 0) is 25.5 Å². The van der Waals surface area contributed by atoms with Gasteiger partial charge in [-0.25, -0.2) is 0 Å². The Kier molecular flexibility index (Phi) is 3.55. The van der Waals surface area contributed by atoms with Crippen molar-refractivity contribution >= 4 is 5.69 Å². The normalized spacial score (nSPS) is 12.2. The van der Waals surface area contributed by atoms with Crippen molar-refractivity contribution in [2.45, 2.75) is 19.9 Å². The lowest BCUT2D eigenvalue weighted by Gasteiger charge is -2.16. The first-order chi connectivity index (χ1) is 8.60. The zero-order valence-electron chi connectivity index (χ0n) is 11.3. The van der Waals surface area contributed by atoms with Crippen LogP contribution in [0.1, 0.15) is 24.1 Å². The molecule has 0 fully saturated rings. The first kappa shape index (κ1) is 12.5. The molecule has 0 aliphatic rings. The van der Waals surface area contributed by atoms with E-state index in [1.54, 1.807) is 7.11 Å². The van der Waals surface area contributed by atoms with Crippen molar-refractivity contribution in [3.63, 3.8) is 0 Å². The Labute approximate surface area is 108 Å². The molecular formula is C14H19N3O. The Morgan fingerprint density at radius 1 is 1.39 bits per heavy atom. The largest absolute Gasteiger partial charge is 0.497 e. The van der Waals surface area contributed by atoms with E-state index >= 15 is 0 Å². The second-order valence-corrected chi connectivity index (χ2v) is 4.49. The van der Waals surface area contributed by atoms with Gasteiger partial charge >= 0.3 is 0 Å². The first-order valence-corrected chi connectivity index (χ1v) is 6.00. The van der Waals surface area contributed by atoms with E-state index in [0.717, 1.165) is 11.4 Å². The van der Waals surface area contributed by atoms with E-state index in [1.807, 2.05) is 36.3 Å². The van der Waals surface area contributed by atoms with E-state index in [0.29, 0.717) is 0 Å². The van der Waals surface area contributed by atoms with Crippen molar-refractivity contribution in [1.82, 2.24) is 9.78 Å². The number of ether oxygens (including phenoxy) is 1. The van der Waals surface area contributed by atoms with E-state index in [-0.39, 0.29) is 6.04 Å². The summed E-state index contributed by atoms with van der Waals surface area (Å²) in [4.78, 5) is 0. The van der Waals surface area contributed by atoms with Crippen molar-refractivity contribution in [3.8, 4) is 5.75 Å². The number of aryl methyl sites for hydroxylation is 2. The van der Waals surface area contributed by atoms with Crippen LogP contribution in [0.25, 0.3) is 0 Å². The Morgan fingerprint density at radius 2 is 2.17 bits per heavy atom. The maximum Gasteiger partial charge on any atom is 0.120 e. The average molecular weight is 245 g/mol. The molecule has 0 spiro atoms. The SMILES string of the molecule is COc1ccc(C)c(NC(C)c2cnn(C)c2)c1. The van der Waals surface area contributed by atoms with Crippen molar-refractivity contribution in [2.75, 3.05) is 12.4 Å². The summed E-state index contributed by atoms with van der Waals surface area (Å²) < 4.78 is 7.06. The number of rotatable bonds is 4. The van der Waals surface area contributed by atoms with Gasteiger partial charge in [0.25, 0.3) is 0 Å². The smallest absolute Gasteiger partial charge is 0.120 e. The highest BCUT2D eigenvalue weighted by Crippen LogP contribution is 2.25. The van der Waals surface area contributed by atoms with Crippen molar-refractivity contribution in [2.24, 2.45) is 7.05 Å². The highest BCUT2D eigenvalue weighted by molar-refractivity contribution is 5.55.